The summed E-state index contributed by atoms with van der Waals surface area (Å²) >= 11 is 0. The van der Waals surface area contributed by atoms with Crippen LogP contribution in [0.5, 0.6) is 11.5 Å². The minimum absolute atomic E-state index is 0.333. The molecule has 0 saturated carbocycles. The summed E-state index contributed by atoms with van der Waals surface area (Å²) in [6.45, 7) is 7.11. The lowest BCUT2D eigenvalue weighted by Crippen LogP contribution is -2.06. The van der Waals surface area contributed by atoms with Crippen LogP contribution >= 0.6 is 0 Å². The molecule has 0 aliphatic carbocycles. The van der Waals surface area contributed by atoms with Gasteiger partial charge in [-0.25, -0.2) is 9.59 Å². The van der Waals surface area contributed by atoms with Crippen molar-refractivity contribution in [1.29, 1.82) is 0 Å². The first kappa shape index (κ1) is 27.2. The van der Waals surface area contributed by atoms with Gasteiger partial charge in [0.2, 0.25) is 0 Å². The molecule has 0 aromatic heterocycles. The van der Waals surface area contributed by atoms with Crippen LogP contribution in [0.15, 0.2) is 54.6 Å². The average molecular weight is 466 g/mol. The highest BCUT2D eigenvalue weighted by Crippen LogP contribution is 2.18. The van der Waals surface area contributed by atoms with Crippen LogP contribution in [0.2, 0.25) is 0 Å². The molecule has 1 radical (unpaired) electrons. The summed E-state index contributed by atoms with van der Waals surface area (Å²) in [5.74, 6) is 0.410. The van der Waals surface area contributed by atoms with Gasteiger partial charge in [0.05, 0.1) is 18.8 Å². The summed E-state index contributed by atoms with van der Waals surface area (Å²) in [4.78, 5) is 24.2. The van der Waals surface area contributed by atoms with Crippen molar-refractivity contribution in [3.63, 3.8) is 0 Å². The highest BCUT2D eigenvalue weighted by Gasteiger charge is 2.07. The van der Waals surface area contributed by atoms with Gasteiger partial charge < -0.3 is 14.2 Å². The zero-order chi connectivity index (χ0) is 24.4. The lowest BCUT2D eigenvalue weighted by molar-refractivity contribution is -0.128. The Balaban J connectivity index is 1.72. The fraction of sp³-hybridized carbons (Fsp3) is 0.414. The molecule has 0 bridgehead atoms. The molecule has 0 saturated heterocycles. The molecule has 0 aliphatic rings. The molecule has 2 aromatic rings. The molecule has 5 heteroatoms. The summed E-state index contributed by atoms with van der Waals surface area (Å²) in [5.41, 5.74) is 1.28. The Morgan fingerprint density at radius 3 is 2.15 bits per heavy atom. The van der Waals surface area contributed by atoms with Gasteiger partial charge in [0.15, 0.2) is 0 Å². The maximum absolute atomic E-state index is 12.1. The van der Waals surface area contributed by atoms with Crippen molar-refractivity contribution in [2.75, 3.05) is 13.2 Å². The number of esters is 2. The number of ether oxygens (including phenoxy) is 3. The number of carbonyl (C=O) groups is 2. The van der Waals surface area contributed by atoms with E-state index in [0.717, 1.165) is 49.8 Å². The Hall–Kier alpha value is -3.08. The average Bonchev–Trinajstić information content (AvgIpc) is 2.86. The van der Waals surface area contributed by atoms with Crippen molar-refractivity contribution < 1.29 is 23.8 Å². The first-order chi connectivity index (χ1) is 16.6. The van der Waals surface area contributed by atoms with E-state index in [9.17, 15) is 9.59 Å². The highest BCUT2D eigenvalue weighted by atomic mass is 16.5. The topological polar surface area (TPSA) is 61.8 Å². The van der Waals surface area contributed by atoms with Gasteiger partial charge in [-0.1, -0.05) is 70.9 Å². The van der Waals surface area contributed by atoms with Gasteiger partial charge in [-0.05, 0) is 60.9 Å². The van der Waals surface area contributed by atoms with E-state index in [-0.39, 0.29) is 5.97 Å². The number of unbranched alkanes of at least 4 members (excludes halogenated alkanes) is 7. The summed E-state index contributed by atoms with van der Waals surface area (Å²) in [6.07, 6.45) is 12.7. The molecular formula is C29H37O5. The summed E-state index contributed by atoms with van der Waals surface area (Å²) < 4.78 is 16.3. The van der Waals surface area contributed by atoms with Crippen LogP contribution < -0.4 is 9.47 Å². The predicted octanol–water partition coefficient (Wildman–Crippen LogP) is 7.21. The monoisotopic (exact) mass is 465 g/mol. The van der Waals surface area contributed by atoms with Crippen LogP contribution in [0, 0.1) is 6.92 Å². The third kappa shape index (κ3) is 11.2. The Kier molecular flexibility index (Phi) is 13.2. The van der Waals surface area contributed by atoms with Crippen LogP contribution in [0.25, 0.3) is 6.08 Å². The molecule has 0 unspecified atom stereocenters. The molecule has 2 aromatic carbocycles. The van der Waals surface area contributed by atoms with Crippen LogP contribution in [-0.4, -0.2) is 25.2 Å². The first-order valence-electron chi connectivity index (χ1n) is 12.3. The molecule has 2 rings (SSSR count). The third-order valence-corrected chi connectivity index (χ3v) is 5.24. The van der Waals surface area contributed by atoms with Gasteiger partial charge in [0, 0.05) is 6.08 Å². The van der Waals surface area contributed by atoms with Crippen molar-refractivity contribution in [2.45, 2.75) is 64.7 Å². The summed E-state index contributed by atoms with van der Waals surface area (Å²) in [5, 5.41) is 0. The normalized spacial score (nSPS) is 10.9. The number of rotatable bonds is 16. The maximum Gasteiger partial charge on any atom is 0.338 e. The second-order valence-corrected chi connectivity index (χ2v) is 8.16. The smallest absolute Gasteiger partial charge is 0.338 e. The molecule has 34 heavy (non-hydrogen) atoms. The van der Waals surface area contributed by atoms with E-state index in [4.69, 9.17) is 14.2 Å². The molecular weight excluding hydrogens is 428 g/mol. The lowest BCUT2D eigenvalue weighted by atomic mass is 10.1. The highest BCUT2D eigenvalue weighted by molar-refractivity contribution is 5.91. The Bertz CT molecular complexity index is 868. The number of hydrogen-bond acceptors (Lipinski definition) is 5. The van der Waals surface area contributed by atoms with Crippen molar-refractivity contribution in [1.82, 2.24) is 0 Å². The molecule has 0 aliphatic heterocycles. The number of carbonyl (C=O) groups excluding carboxylic acids is 2. The first-order valence-corrected chi connectivity index (χ1v) is 12.3. The molecule has 0 atom stereocenters. The van der Waals surface area contributed by atoms with Crippen molar-refractivity contribution in [3.05, 3.63) is 72.7 Å². The van der Waals surface area contributed by atoms with E-state index in [1.807, 2.05) is 0 Å². The minimum atomic E-state index is -0.476. The second-order valence-electron chi connectivity index (χ2n) is 8.16. The predicted molar refractivity (Wildman–Crippen MR) is 136 cm³/mol. The largest absolute Gasteiger partial charge is 0.494 e. The summed E-state index contributed by atoms with van der Waals surface area (Å²) in [7, 11) is 0. The Morgan fingerprint density at radius 1 is 0.794 bits per heavy atom. The van der Waals surface area contributed by atoms with Crippen LogP contribution in [0.3, 0.4) is 0 Å². The van der Waals surface area contributed by atoms with E-state index in [0.29, 0.717) is 24.5 Å². The fourth-order valence-electron chi connectivity index (χ4n) is 3.25. The lowest BCUT2D eigenvalue weighted by Gasteiger charge is -2.07. The number of hydrogen-bond donors (Lipinski definition) is 0. The molecule has 5 nitrogen and oxygen atoms in total. The van der Waals surface area contributed by atoms with E-state index < -0.39 is 5.97 Å². The van der Waals surface area contributed by atoms with Crippen molar-refractivity contribution in [3.8, 4) is 11.5 Å². The van der Waals surface area contributed by atoms with Gasteiger partial charge >= 0.3 is 11.9 Å². The van der Waals surface area contributed by atoms with Gasteiger partial charge in [0.25, 0.3) is 0 Å². The maximum atomic E-state index is 12.1. The Morgan fingerprint density at radius 2 is 1.44 bits per heavy atom. The second kappa shape index (κ2) is 16.5. The molecule has 0 heterocycles. The zero-order valence-corrected chi connectivity index (χ0v) is 20.3. The molecule has 0 N–H and O–H groups in total. The van der Waals surface area contributed by atoms with Gasteiger partial charge in [-0.15, -0.1) is 0 Å². The molecule has 0 amide bonds. The van der Waals surface area contributed by atoms with E-state index in [1.54, 1.807) is 54.6 Å². The Labute approximate surface area is 204 Å². The van der Waals surface area contributed by atoms with E-state index in [1.165, 1.54) is 25.3 Å². The van der Waals surface area contributed by atoms with Crippen LogP contribution in [-0.2, 0) is 9.53 Å². The van der Waals surface area contributed by atoms with Gasteiger partial charge in [-0.2, -0.15) is 0 Å². The van der Waals surface area contributed by atoms with Crippen molar-refractivity contribution >= 4 is 18.0 Å². The molecule has 0 fully saturated rings. The zero-order valence-electron chi connectivity index (χ0n) is 20.3. The van der Waals surface area contributed by atoms with Crippen LogP contribution in [0.4, 0.5) is 0 Å². The summed E-state index contributed by atoms with van der Waals surface area (Å²) in [6, 6.07) is 13.9. The fourth-order valence-corrected chi connectivity index (χ4v) is 3.25. The SMILES string of the molecule is [CH2]CCCCCCOC(=O)c1ccc(/C=C/C(=O)Oc2ccc(OCCCCCC)cc2)cc1. The van der Waals surface area contributed by atoms with Crippen LogP contribution in [0.1, 0.15) is 80.6 Å². The van der Waals surface area contributed by atoms with E-state index >= 15 is 0 Å². The minimum Gasteiger partial charge on any atom is -0.494 e. The van der Waals surface area contributed by atoms with Gasteiger partial charge in [-0.3, -0.25) is 0 Å². The van der Waals surface area contributed by atoms with Gasteiger partial charge in [0.1, 0.15) is 11.5 Å². The quantitative estimate of drug-likeness (QED) is 0.113. The molecule has 183 valence electrons. The van der Waals surface area contributed by atoms with E-state index in [2.05, 4.69) is 13.8 Å². The molecule has 0 spiro atoms. The number of benzene rings is 2. The third-order valence-electron chi connectivity index (χ3n) is 5.24. The standard InChI is InChI=1S/C29H37O5/c1-3-5-7-9-11-23-33-29(31)25-15-12-24(13-16-25)14-21-28(30)34-27-19-17-26(18-20-27)32-22-10-8-6-4-2/h12-21H,1,3-11,22-23H2,2H3/b21-14+. The van der Waals surface area contributed by atoms with Crippen molar-refractivity contribution in [2.24, 2.45) is 0 Å².